The van der Waals surface area contributed by atoms with Crippen molar-refractivity contribution in [1.29, 1.82) is 5.26 Å². The van der Waals surface area contributed by atoms with Crippen LogP contribution in [0.2, 0.25) is 0 Å². The van der Waals surface area contributed by atoms with Crippen molar-refractivity contribution in [2.75, 3.05) is 6.61 Å². The van der Waals surface area contributed by atoms with E-state index in [1.807, 2.05) is 6.07 Å². The van der Waals surface area contributed by atoms with E-state index in [-0.39, 0.29) is 5.69 Å². The van der Waals surface area contributed by atoms with Crippen LogP contribution in [0.25, 0.3) is 11.3 Å². The molecule has 0 amide bonds. The number of nitrogens with zero attached hydrogens (tertiary/aromatic N) is 2. The van der Waals surface area contributed by atoms with Gasteiger partial charge in [-0.05, 0) is 26.0 Å². The normalized spacial score (nSPS) is 9.95. The summed E-state index contributed by atoms with van der Waals surface area (Å²) in [6.07, 6.45) is 0. The second kappa shape index (κ2) is 5.36. The first-order chi connectivity index (χ1) is 9.17. The van der Waals surface area contributed by atoms with Crippen molar-refractivity contribution < 1.29 is 9.53 Å². The third kappa shape index (κ3) is 2.47. The van der Waals surface area contributed by atoms with Crippen molar-refractivity contribution in [1.82, 2.24) is 10.2 Å². The van der Waals surface area contributed by atoms with Gasteiger partial charge < -0.3 is 4.74 Å². The Hall–Kier alpha value is -2.61. The second-order valence-electron chi connectivity index (χ2n) is 3.99. The highest BCUT2D eigenvalue weighted by atomic mass is 16.5. The van der Waals surface area contributed by atoms with Gasteiger partial charge in [0.2, 0.25) is 0 Å². The molecule has 0 aliphatic rings. The number of aromatic nitrogens is 2. The molecule has 0 unspecified atom stereocenters. The van der Waals surface area contributed by atoms with E-state index in [2.05, 4.69) is 16.3 Å². The van der Waals surface area contributed by atoms with E-state index in [4.69, 9.17) is 10.00 Å². The van der Waals surface area contributed by atoms with Crippen LogP contribution in [0.3, 0.4) is 0 Å². The lowest BCUT2D eigenvalue weighted by Gasteiger charge is -2.01. The van der Waals surface area contributed by atoms with Crippen LogP contribution in [0.1, 0.15) is 28.5 Å². The Labute approximate surface area is 110 Å². The Morgan fingerprint density at radius 2 is 2.32 bits per heavy atom. The van der Waals surface area contributed by atoms with Crippen LogP contribution in [0.5, 0.6) is 0 Å². The molecular formula is C14H13N3O2. The highest BCUT2D eigenvalue weighted by Gasteiger charge is 2.18. The van der Waals surface area contributed by atoms with Gasteiger partial charge in [-0.15, -0.1) is 0 Å². The lowest BCUT2D eigenvalue weighted by Crippen LogP contribution is -2.06. The molecule has 0 aliphatic carbocycles. The van der Waals surface area contributed by atoms with Crippen LogP contribution in [-0.4, -0.2) is 22.8 Å². The number of esters is 1. The molecule has 96 valence electrons. The molecule has 1 heterocycles. The van der Waals surface area contributed by atoms with E-state index >= 15 is 0 Å². The summed E-state index contributed by atoms with van der Waals surface area (Å²) in [5.41, 5.74) is 3.09. The Balaban J connectivity index is 2.42. The number of ether oxygens (including phenoxy) is 1. The molecule has 2 rings (SSSR count). The molecule has 1 aromatic carbocycles. The van der Waals surface area contributed by atoms with E-state index in [1.165, 1.54) is 0 Å². The average molecular weight is 255 g/mol. The second-order valence-corrected chi connectivity index (χ2v) is 3.99. The Bertz CT molecular complexity index is 653. The number of nitrogens with one attached hydrogen (secondary N) is 1. The largest absolute Gasteiger partial charge is 0.461 e. The smallest absolute Gasteiger partial charge is 0.359 e. The van der Waals surface area contributed by atoms with Crippen LogP contribution >= 0.6 is 0 Å². The fraction of sp³-hybridized carbons (Fsp3) is 0.214. The van der Waals surface area contributed by atoms with Crippen molar-refractivity contribution in [3.8, 4) is 17.3 Å². The molecule has 0 saturated heterocycles. The first kappa shape index (κ1) is 12.8. The predicted molar refractivity (Wildman–Crippen MR) is 69.4 cm³/mol. The maximum Gasteiger partial charge on any atom is 0.359 e. The molecule has 0 saturated carbocycles. The SMILES string of the molecule is CCOC(=O)c1n[nH]c(-c2cccc(C#N)c2)c1C. The number of benzene rings is 1. The summed E-state index contributed by atoms with van der Waals surface area (Å²) >= 11 is 0. The molecule has 0 bridgehead atoms. The standard InChI is InChI=1S/C14H13N3O2/c1-3-19-14(18)13-9(2)12(16-17-13)11-6-4-5-10(7-11)8-15/h4-7H,3H2,1-2H3,(H,16,17). The maximum absolute atomic E-state index is 11.7. The lowest BCUT2D eigenvalue weighted by molar-refractivity contribution is 0.0518. The highest BCUT2D eigenvalue weighted by Crippen LogP contribution is 2.24. The zero-order valence-corrected chi connectivity index (χ0v) is 10.7. The van der Waals surface area contributed by atoms with Gasteiger partial charge >= 0.3 is 5.97 Å². The molecule has 1 N–H and O–H groups in total. The van der Waals surface area contributed by atoms with E-state index < -0.39 is 5.97 Å². The minimum Gasteiger partial charge on any atom is -0.461 e. The van der Waals surface area contributed by atoms with Crippen LogP contribution in [0.15, 0.2) is 24.3 Å². The van der Waals surface area contributed by atoms with E-state index in [9.17, 15) is 4.79 Å². The lowest BCUT2D eigenvalue weighted by atomic mass is 10.0. The quantitative estimate of drug-likeness (QED) is 0.854. The number of hydrogen-bond acceptors (Lipinski definition) is 4. The van der Waals surface area contributed by atoms with Gasteiger partial charge in [-0.25, -0.2) is 4.79 Å². The molecule has 5 nitrogen and oxygen atoms in total. The maximum atomic E-state index is 11.7. The Morgan fingerprint density at radius 3 is 3.00 bits per heavy atom. The summed E-state index contributed by atoms with van der Waals surface area (Å²) in [5.74, 6) is -0.445. The summed E-state index contributed by atoms with van der Waals surface area (Å²) in [6.45, 7) is 3.85. The third-order valence-corrected chi connectivity index (χ3v) is 2.76. The van der Waals surface area contributed by atoms with Gasteiger partial charge in [-0.3, -0.25) is 5.10 Å². The predicted octanol–water partition coefficient (Wildman–Crippen LogP) is 2.43. The van der Waals surface area contributed by atoms with Crippen molar-refractivity contribution >= 4 is 5.97 Å². The van der Waals surface area contributed by atoms with Crippen LogP contribution in [0.4, 0.5) is 0 Å². The van der Waals surface area contributed by atoms with E-state index in [1.54, 1.807) is 32.0 Å². The molecule has 19 heavy (non-hydrogen) atoms. The van der Waals surface area contributed by atoms with Crippen molar-refractivity contribution in [2.24, 2.45) is 0 Å². The van der Waals surface area contributed by atoms with Crippen molar-refractivity contribution in [3.63, 3.8) is 0 Å². The number of carbonyl (C=O) groups excluding carboxylic acids is 1. The first-order valence-electron chi connectivity index (χ1n) is 5.90. The summed E-state index contributed by atoms with van der Waals surface area (Å²) in [4.78, 5) is 11.7. The Morgan fingerprint density at radius 1 is 1.53 bits per heavy atom. The first-order valence-corrected chi connectivity index (χ1v) is 5.90. The molecular weight excluding hydrogens is 242 g/mol. The van der Waals surface area contributed by atoms with Gasteiger partial charge in [-0.1, -0.05) is 12.1 Å². The van der Waals surface area contributed by atoms with Crippen LogP contribution in [0, 0.1) is 18.3 Å². The van der Waals surface area contributed by atoms with Gasteiger partial charge in [0.1, 0.15) is 0 Å². The van der Waals surface area contributed by atoms with Crippen molar-refractivity contribution in [2.45, 2.75) is 13.8 Å². The van der Waals surface area contributed by atoms with Crippen LogP contribution in [-0.2, 0) is 4.74 Å². The number of H-pyrrole nitrogens is 1. The third-order valence-electron chi connectivity index (χ3n) is 2.76. The number of hydrogen-bond donors (Lipinski definition) is 1. The fourth-order valence-corrected chi connectivity index (χ4v) is 1.82. The Kier molecular flexibility index (Phi) is 3.62. The number of carbonyl (C=O) groups is 1. The molecule has 5 heteroatoms. The minimum atomic E-state index is -0.445. The summed E-state index contributed by atoms with van der Waals surface area (Å²) in [6, 6.07) is 9.20. The fourth-order valence-electron chi connectivity index (χ4n) is 1.82. The van der Waals surface area contributed by atoms with Gasteiger partial charge in [0, 0.05) is 11.1 Å². The molecule has 1 aromatic heterocycles. The number of nitriles is 1. The average Bonchev–Trinajstić information content (AvgIpc) is 2.81. The molecule has 2 aromatic rings. The van der Waals surface area contributed by atoms with Gasteiger partial charge in [-0.2, -0.15) is 10.4 Å². The van der Waals surface area contributed by atoms with E-state index in [0.29, 0.717) is 17.7 Å². The highest BCUT2D eigenvalue weighted by molar-refractivity contribution is 5.91. The zero-order valence-electron chi connectivity index (χ0n) is 10.7. The minimum absolute atomic E-state index is 0.277. The summed E-state index contributed by atoms with van der Waals surface area (Å²) in [7, 11) is 0. The zero-order chi connectivity index (χ0) is 13.8. The van der Waals surface area contributed by atoms with E-state index in [0.717, 1.165) is 11.3 Å². The molecule has 0 radical (unpaired) electrons. The molecule has 0 atom stereocenters. The molecule has 0 aliphatic heterocycles. The summed E-state index contributed by atoms with van der Waals surface area (Å²) in [5, 5.41) is 15.7. The monoisotopic (exact) mass is 255 g/mol. The van der Waals surface area contributed by atoms with Crippen LogP contribution < -0.4 is 0 Å². The van der Waals surface area contributed by atoms with Gasteiger partial charge in [0.25, 0.3) is 0 Å². The number of rotatable bonds is 3. The molecule has 0 fully saturated rings. The van der Waals surface area contributed by atoms with Gasteiger partial charge in [0.15, 0.2) is 5.69 Å². The number of aromatic amines is 1. The molecule has 0 spiro atoms. The summed E-state index contributed by atoms with van der Waals surface area (Å²) < 4.78 is 4.93. The van der Waals surface area contributed by atoms with Crippen molar-refractivity contribution in [3.05, 3.63) is 41.1 Å². The topological polar surface area (TPSA) is 78.8 Å². The van der Waals surface area contributed by atoms with Gasteiger partial charge in [0.05, 0.1) is 23.9 Å².